The minimum Gasteiger partial charge on any atom is -0.491 e. The second-order valence-corrected chi connectivity index (χ2v) is 5.56. The summed E-state index contributed by atoms with van der Waals surface area (Å²) in [7, 11) is 0. The molecule has 122 valence electrons. The molecule has 1 amide bonds. The summed E-state index contributed by atoms with van der Waals surface area (Å²) in [5.74, 6) is 1.19. The Morgan fingerprint density at radius 1 is 1.22 bits per heavy atom. The van der Waals surface area contributed by atoms with E-state index in [0.29, 0.717) is 23.9 Å². The summed E-state index contributed by atoms with van der Waals surface area (Å²) in [6.07, 6.45) is -0.605. The maximum absolute atomic E-state index is 12.0. The Morgan fingerprint density at radius 2 is 2.00 bits per heavy atom. The molecule has 0 aliphatic heterocycles. The first-order valence-corrected chi connectivity index (χ1v) is 7.82. The lowest BCUT2D eigenvalue weighted by atomic mass is 10.2. The molecule has 0 bridgehead atoms. The summed E-state index contributed by atoms with van der Waals surface area (Å²) in [6.45, 7) is 4.49. The van der Waals surface area contributed by atoms with Crippen molar-refractivity contribution in [2.75, 3.05) is 13.2 Å². The van der Waals surface area contributed by atoms with Crippen LogP contribution < -0.4 is 14.8 Å². The molecule has 0 unspecified atom stereocenters. The zero-order valence-electron chi connectivity index (χ0n) is 13.2. The second-order valence-electron chi connectivity index (χ2n) is 5.12. The molecule has 0 saturated heterocycles. The number of rotatable bonds is 7. The van der Waals surface area contributed by atoms with Crippen LogP contribution in [0.1, 0.15) is 12.5 Å². The molecule has 0 fully saturated rings. The maximum Gasteiger partial charge on any atom is 0.260 e. The molecule has 2 aromatic carbocycles. The molecule has 0 spiro atoms. The van der Waals surface area contributed by atoms with Crippen molar-refractivity contribution in [1.82, 2.24) is 5.32 Å². The highest BCUT2D eigenvalue weighted by molar-refractivity contribution is 6.30. The van der Waals surface area contributed by atoms with Gasteiger partial charge in [0.2, 0.25) is 0 Å². The minimum absolute atomic E-state index is 0.196. The molecule has 1 atom stereocenters. The van der Waals surface area contributed by atoms with Crippen LogP contribution in [0.25, 0.3) is 0 Å². The molecule has 0 aliphatic carbocycles. The minimum atomic E-state index is -0.605. The number of hydrogen-bond donors (Lipinski definition) is 1. The highest BCUT2D eigenvalue weighted by atomic mass is 35.5. The first-order chi connectivity index (χ1) is 11.1. The van der Waals surface area contributed by atoms with E-state index in [-0.39, 0.29) is 5.91 Å². The van der Waals surface area contributed by atoms with E-state index in [1.807, 2.05) is 31.2 Å². The van der Waals surface area contributed by atoms with Crippen LogP contribution in [0.15, 0.2) is 48.5 Å². The van der Waals surface area contributed by atoms with Crippen molar-refractivity contribution in [1.29, 1.82) is 0 Å². The van der Waals surface area contributed by atoms with Crippen LogP contribution in [-0.4, -0.2) is 25.2 Å². The van der Waals surface area contributed by atoms with Gasteiger partial charge in [-0.25, -0.2) is 0 Å². The predicted octanol–water partition coefficient (Wildman–Crippen LogP) is 3.61. The molecule has 5 heteroatoms. The number of benzene rings is 2. The number of carbonyl (C=O) groups is 1. The zero-order valence-corrected chi connectivity index (χ0v) is 14.0. The molecule has 0 saturated carbocycles. The van der Waals surface area contributed by atoms with Gasteiger partial charge in [-0.05, 0) is 43.7 Å². The molecule has 0 radical (unpaired) electrons. The second kappa shape index (κ2) is 8.44. The Labute approximate surface area is 141 Å². The Morgan fingerprint density at radius 3 is 2.74 bits per heavy atom. The van der Waals surface area contributed by atoms with Gasteiger partial charge in [0.1, 0.15) is 18.1 Å². The molecule has 2 aromatic rings. The molecule has 0 aromatic heterocycles. The zero-order chi connectivity index (χ0) is 16.7. The Kier molecular flexibility index (Phi) is 6.29. The van der Waals surface area contributed by atoms with Crippen LogP contribution in [0.4, 0.5) is 0 Å². The number of amides is 1. The molecule has 0 aliphatic rings. The average Bonchev–Trinajstić information content (AvgIpc) is 2.53. The molecule has 23 heavy (non-hydrogen) atoms. The number of para-hydroxylation sites is 1. The summed E-state index contributed by atoms with van der Waals surface area (Å²) in [6, 6.07) is 14.7. The van der Waals surface area contributed by atoms with Crippen molar-refractivity contribution < 1.29 is 14.3 Å². The Bertz CT molecular complexity index is 660. The van der Waals surface area contributed by atoms with Crippen LogP contribution in [0.2, 0.25) is 5.02 Å². The van der Waals surface area contributed by atoms with E-state index in [2.05, 4.69) is 5.32 Å². The van der Waals surface area contributed by atoms with Gasteiger partial charge in [0.25, 0.3) is 5.91 Å². The quantitative estimate of drug-likeness (QED) is 0.787. The van der Waals surface area contributed by atoms with Crippen molar-refractivity contribution in [3.8, 4) is 11.5 Å². The number of hydrogen-bond acceptors (Lipinski definition) is 3. The van der Waals surface area contributed by atoms with E-state index in [9.17, 15) is 4.79 Å². The SMILES string of the molecule is Cc1ccccc1OCCNC(=O)[C@@H](C)Oc1cccc(Cl)c1. The Hall–Kier alpha value is -2.20. The third-order valence-corrected chi connectivity index (χ3v) is 3.47. The lowest BCUT2D eigenvalue weighted by molar-refractivity contribution is -0.127. The largest absolute Gasteiger partial charge is 0.491 e. The van der Waals surface area contributed by atoms with Crippen LogP contribution in [-0.2, 0) is 4.79 Å². The van der Waals surface area contributed by atoms with Crippen molar-refractivity contribution in [2.45, 2.75) is 20.0 Å². The maximum atomic E-state index is 12.0. The number of ether oxygens (including phenoxy) is 2. The molecular weight excluding hydrogens is 314 g/mol. The first kappa shape index (κ1) is 17.2. The smallest absolute Gasteiger partial charge is 0.260 e. The Balaban J connectivity index is 1.73. The van der Waals surface area contributed by atoms with Gasteiger partial charge in [-0.2, -0.15) is 0 Å². The topological polar surface area (TPSA) is 47.6 Å². The molecular formula is C18H20ClNO3. The van der Waals surface area contributed by atoms with Crippen LogP contribution >= 0.6 is 11.6 Å². The van der Waals surface area contributed by atoms with Gasteiger partial charge < -0.3 is 14.8 Å². The van der Waals surface area contributed by atoms with E-state index >= 15 is 0 Å². The summed E-state index contributed by atoms with van der Waals surface area (Å²) in [4.78, 5) is 12.0. The average molecular weight is 334 g/mol. The van der Waals surface area contributed by atoms with Crippen molar-refractivity contribution in [3.63, 3.8) is 0 Å². The molecule has 2 rings (SSSR count). The van der Waals surface area contributed by atoms with Crippen LogP contribution in [0.5, 0.6) is 11.5 Å². The lowest BCUT2D eigenvalue weighted by Gasteiger charge is -2.15. The highest BCUT2D eigenvalue weighted by Crippen LogP contribution is 2.18. The van der Waals surface area contributed by atoms with E-state index in [0.717, 1.165) is 11.3 Å². The van der Waals surface area contributed by atoms with E-state index in [4.69, 9.17) is 21.1 Å². The molecule has 0 heterocycles. The lowest BCUT2D eigenvalue weighted by Crippen LogP contribution is -2.38. The van der Waals surface area contributed by atoms with Gasteiger partial charge in [-0.3, -0.25) is 4.79 Å². The van der Waals surface area contributed by atoms with Crippen molar-refractivity contribution in [3.05, 3.63) is 59.1 Å². The van der Waals surface area contributed by atoms with Crippen LogP contribution in [0, 0.1) is 6.92 Å². The van der Waals surface area contributed by atoms with E-state index < -0.39 is 6.10 Å². The van der Waals surface area contributed by atoms with Gasteiger partial charge >= 0.3 is 0 Å². The monoisotopic (exact) mass is 333 g/mol. The normalized spacial score (nSPS) is 11.6. The number of halogens is 1. The summed E-state index contributed by atoms with van der Waals surface area (Å²) in [5.41, 5.74) is 1.07. The van der Waals surface area contributed by atoms with E-state index in [1.165, 1.54) is 0 Å². The third-order valence-electron chi connectivity index (χ3n) is 3.23. The summed E-state index contributed by atoms with van der Waals surface area (Å²) < 4.78 is 11.2. The number of nitrogens with one attached hydrogen (secondary N) is 1. The van der Waals surface area contributed by atoms with Gasteiger partial charge in [0.05, 0.1) is 6.54 Å². The van der Waals surface area contributed by atoms with Gasteiger partial charge in [-0.15, -0.1) is 0 Å². The standard InChI is InChI=1S/C18H20ClNO3/c1-13-6-3-4-9-17(13)22-11-10-20-18(21)14(2)23-16-8-5-7-15(19)12-16/h3-9,12,14H,10-11H2,1-2H3,(H,20,21)/t14-/m1/s1. The van der Waals surface area contributed by atoms with Gasteiger partial charge in [0, 0.05) is 5.02 Å². The fourth-order valence-electron chi connectivity index (χ4n) is 2.00. The predicted molar refractivity (Wildman–Crippen MR) is 91.2 cm³/mol. The molecule has 4 nitrogen and oxygen atoms in total. The number of carbonyl (C=O) groups excluding carboxylic acids is 1. The van der Waals surface area contributed by atoms with Gasteiger partial charge in [0.15, 0.2) is 6.10 Å². The highest BCUT2D eigenvalue weighted by Gasteiger charge is 2.14. The summed E-state index contributed by atoms with van der Waals surface area (Å²) >= 11 is 5.88. The van der Waals surface area contributed by atoms with Crippen molar-refractivity contribution in [2.24, 2.45) is 0 Å². The van der Waals surface area contributed by atoms with Crippen molar-refractivity contribution >= 4 is 17.5 Å². The van der Waals surface area contributed by atoms with Crippen LogP contribution in [0.3, 0.4) is 0 Å². The summed E-state index contributed by atoms with van der Waals surface area (Å²) in [5, 5.41) is 3.36. The third kappa shape index (κ3) is 5.49. The van der Waals surface area contributed by atoms with Gasteiger partial charge in [-0.1, -0.05) is 35.9 Å². The fourth-order valence-corrected chi connectivity index (χ4v) is 2.18. The number of aryl methyl sites for hydroxylation is 1. The fraction of sp³-hybridized carbons (Fsp3) is 0.278. The molecule has 1 N–H and O–H groups in total. The first-order valence-electron chi connectivity index (χ1n) is 7.44. The van der Waals surface area contributed by atoms with E-state index in [1.54, 1.807) is 31.2 Å².